The molecule has 2 aliphatic heterocycles. The highest BCUT2D eigenvalue weighted by molar-refractivity contribution is 7.87. The van der Waals surface area contributed by atoms with E-state index < -0.39 is 27.6 Å². The quantitative estimate of drug-likeness (QED) is 0.396. The third-order valence-electron chi connectivity index (χ3n) is 6.64. The summed E-state index contributed by atoms with van der Waals surface area (Å²) in [7, 11) is -3.98. The Balaban J connectivity index is 1.40. The zero-order valence-corrected chi connectivity index (χ0v) is 20.2. The maximum absolute atomic E-state index is 13.4. The Hall–Kier alpha value is -3.95. The van der Waals surface area contributed by atoms with Gasteiger partial charge < -0.3 is 14.0 Å². The second-order valence-electron chi connectivity index (χ2n) is 8.97. The number of nitrogens with zero attached hydrogens (tertiary/aromatic N) is 3. The molecule has 0 radical (unpaired) electrons. The van der Waals surface area contributed by atoms with Crippen molar-refractivity contribution < 1.29 is 22.4 Å². The highest BCUT2D eigenvalue weighted by Crippen LogP contribution is 2.50. The smallest absolute Gasteiger partial charge is 0.315 e. The van der Waals surface area contributed by atoms with Gasteiger partial charge in [-0.1, -0.05) is 42.0 Å². The molecule has 3 unspecified atom stereocenters. The van der Waals surface area contributed by atoms with Crippen LogP contribution in [0, 0.1) is 6.92 Å². The molecular formula is C27H23N3O5S. The lowest BCUT2D eigenvalue weighted by Crippen LogP contribution is -2.35. The molecular weight excluding hydrogens is 478 g/mol. The summed E-state index contributed by atoms with van der Waals surface area (Å²) in [5.74, 6) is 0.443. The van der Waals surface area contributed by atoms with Gasteiger partial charge in [-0.3, -0.25) is 0 Å². The topological polar surface area (TPSA) is 104 Å². The minimum atomic E-state index is -3.98. The van der Waals surface area contributed by atoms with E-state index in [1.807, 2.05) is 55.5 Å². The van der Waals surface area contributed by atoms with Crippen LogP contribution in [0.4, 0.5) is 0 Å². The fourth-order valence-corrected chi connectivity index (χ4v) is 6.33. The average molecular weight is 502 g/mol. The molecule has 182 valence electrons. The molecule has 36 heavy (non-hydrogen) atoms. The summed E-state index contributed by atoms with van der Waals surface area (Å²) >= 11 is 0. The highest BCUT2D eigenvalue weighted by atomic mass is 32.2. The molecule has 8 nitrogen and oxygen atoms in total. The predicted octanol–water partition coefficient (Wildman–Crippen LogP) is 4.14. The number of aromatic nitrogens is 3. The monoisotopic (exact) mass is 501 g/mol. The van der Waals surface area contributed by atoms with Crippen molar-refractivity contribution in [1.29, 1.82) is 0 Å². The Morgan fingerprint density at radius 3 is 2.28 bits per heavy atom. The van der Waals surface area contributed by atoms with Gasteiger partial charge in [0.1, 0.15) is 35.5 Å². The number of hydrogen-bond acceptors (Lipinski definition) is 7. The van der Waals surface area contributed by atoms with Gasteiger partial charge in [0.25, 0.3) is 0 Å². The summed E-state index contributed by atoms with van der Waals surface area (Å²) in [4.78, 5) is 3.99. The first kappa shape index (κ1) is 22.5. The fraction of sp³-hybridized carbons (Fsp3) is 0.185. The molecule has 6 rings (SSSR count). The minimum absolute atomic E-state index is 0.161. The predicted molar refractivity (Wildman–Crippen MR) is 134 cm³/mol. The molecule has 3 aromatic carbocycles. The van der Waals surface area contributed by atoms with Gasteiger partial charge in [0.15, 0.2) is 0 Å². The third-order valence-corrected chi connectivity index (χ3v) is 8.24. The van der Waals surface area contributed by atoms with E-state index in [-0.39, 0.29) is 17.9 Å². The molecule has 1 fully saturated rings. The molecule has 2 bridgehead atoms. The maximum atomic E-state index is 13.4. The lowest BCUT2D eigenvalue weighted by molar-refractivity contribution is 0.128. The summed E-state index contributed by atoms with van der Waals surface area (Å²) in [6.07, 6.45) is 2.27. The van der Waals surface area contributed by atoms with Crippen LogP contribution in [0.5, 0.6) is 11.5 Å². The number of benzene rings is 3. The highest BCUT2D eigenvalue weighted by Gasteiger charge is 2.53. The number of fused-ring (bicyclic) bond motifs is 2. The Kier molecular flexibility index (Phi) is 5.39. The molecule has 1 saturated heterocycles. The third kappa shape index (κ3) is 3.96. The van der Waals surface area contributed by atoms with Crippen LogP contribution >= 0.6 is 0 Å². The van der Waals surface area contributed by atoms with Gasteiger partial charge in [-0.25, -0.2) is 9.67 Å². The Morgan fingerprint density at radius 1 is 0.944 bits per heavy atom. The van der Waals surface area contributed by atoms with Gasteiger partial charge in [0.2, 0.25) is 0 Å². The number of ether oxygens (including phenoxy) is 1. The van der Waals surface area contributed by atoms with Crippen LogP contribution < -0.4 is 4.18 Å². The number of aryl methyl sites for hydroxylation is 1. The molecule has 0 aliphatic carbocycles. The second-order valence-corrected chi connectivity index (χ2v) is 10.7. The van der Waals surface area contributed by atoms with E-state index in [2.05, 4.69) is 10.1 Å². The first-order valence-corrected chi connectivity index (χ1v) is 13.0. The van der Waals surface area contributed by atoms with Crippen LogP contribution in [0.25, 0.3) is 16.8 Å². The van der Waals surface area contributed by atoms with E-state index >= 15 is 0 Å². The molecule has 3 atom stereocenters. The van der Waals surface area contributed by atoms with Crippen LogP contribution in [0.3, 0.4) is 0 Å². The number of aromatic hydroxyl groups is 1. The second kappa shape index (κ2) is 8.61. The molecule has 0 saturated carbocycles. The van der Waals surface area contributed by atoms with Crippen LogP contribution in [-0.4, -0.2) is 45.7 Å². The van der Waals surface area contributed by atoms with E-state index in [4.69, 9.17) is 8.92 Å². The molecule has 4 aromatic rings. The van der Waals surface area contributed by atoms with Crippen LogP contribution in [0.15, 0.2) is 85.5 Å². The van der Waals surface area contributed by atoms with E-state index in [1.165, 1.54) is 6.33 Å². The summed E-state index contributed by atoms with van der Waals surface area (Å²) < 4.78 is 40.2. The van der Waals surface area contributed by atoms with Crippen molar-refractivity contribution >= 4 is 21.3 Å². The van der Waals surface area contributed by atoms with Gasteiger partial charge in [-0.2, -0.15) is 13.5 Å². The molecule has 1 aromatic heterocycles. The normalized spacial score (nSPS) is 21.2. The zero-order chi connectivity index (χ0) is 24.9. The molecule has 0 spiro atoms. The largest absolute Gasteiger partial charge is 0.508 e. The number of hydrogen-bond donors (Lipinski definition) is 1. The Morgan fingerprint density at radius 2 is 1.61 bits per heavy atom. The number of phenols is 1. The van der Waals surface area contributed by atoms with E-state index in [0.717, 1.165) is 33.5 Å². The van der Waals surface area contributed by atoms with E-state index in [1.54, 1.807) is 35.3 Å². The SMILES string of the molecule is Cc1ccc(OS(=O)(=O)C2CC3OC2C(c2ccc(-n4cncn4)cc2)=C3c2ccc(O)cc2)cc1. The van der Waals surface area contributed by atoms with Gasteiger partial charge in [-0.05, 0) is 65.6 Å². The average Bonchev–Trinajstić information content (AvgIpc) is 3.63. The number of phenolic OH excluding ortho intramolecular Hbond substituents is 1. The van der Waals surface area contributed by atoms with Gasteiger partial charge in [0, 0.05) is 6.42 Å². The van der Waals surface area contributed by atoms with Crippen molar-refractivity contribution in [2.75, 3.05) is 0 Å². The van der Waals surface area contributed by atoms with Crippen molar-refractivity contribution in [2.24, 2.45) is 0 Å². The molecule has 3 heterocycles. The van der Waals surface area contributed by atoms with Crippen molar-refractivity contribution in [2.45, 2.75) is 30.8 Å². The van der Waals surface area contributed by atoms with Crippen molar-refractivity contribution in [1.82, 2.24) is 14.8 Å². The standard InChI is InChI=1S/C27H23N3O5S/c1-17-2-12-22(13-3-17)35-36(32,33)24-14-23-25(18-6-10-21(31)11-7-18)26(27(24)34-23)19-4-8-20(9-5-19)30-16-28-15-29-30/h2-13,15-16,23-24,27,31H,14H2,1H3. The van der Waals surface area contributed by atoms with E-state index in [0.29, 0.717) is 0 Å². The van der Waals surface area contributed by atoms with Gasteiger partial charge >= 0.3 is 10.1 Å². The summed E-state index contributed by atoms with van der Waals surface area (Å²) in [5.41, 5.74) is 5.31. The maximum Gasteiger partial charge on any atom is 0.315 e. The lowest BCUT2D eigenvalue weighted by atomic mass is 9.83. The molecule has 2 aliphatic rings. The van der Waals surface area contributed by atoms with Crippen molar-refractivity contribution in [3.8, 4) is 17.2 Å². The van der Waals surface area contributed by atoms with E-state index in [9.17, 15) is 13.5 Å². The summed E-state index contributed by atoms with van der Waals surface area (Å²) in [6.45, 7) is 1.93. The zero-order valence-electron chi connectivity index (χ0n) is 19.4. The molecule has 1 N–H and O–H groups in total. The van der Waals surface area contributed by atoms with Crippen LogP contribution in [0.2, 0.25) is 0 Å². The summed E-state index contributed by atoms with van der Waals surface area (Å²) in [6, 6.07) is 21.5. The van der Waals surface area contributed by atoms with Gasteiger partial charge in [-0.15, -0.1) is 0 Å². The van der Waals surface area contributed by atoms with Crippen molar-refractivity contribution in [3.05, 3.63) is 102 Å². The lowest BCUT2D eigenvalue weighted by Gasteiger charge is -2.25. The molecule has 0 amide bonds. The Bertz CT molecular complexity index is 1530. The van der Waals surface area contributed by atoms with Crippen molar-refractivity contribution in [3.63, 3.8) is 0 Å². The summed E-state index contributed by atoms with van der Waals surface area (Å²) in [5, 5.41) is 13.1. The first-order chi connectivity index (χ1) is 17.4. The Labute approximate surface area is 208 Å². The minimum Gasteiger partial charge on any atom is -0.508 e. The molecule has 9 heteroatoms. The number of rotatable bonds is 6. The van der Waals surface area contributed by atoms with Crippen LogP contribution in [0.1, 0.15) is 23.1 Å². The van der Waals surface area contributed by atoms with Crippen LogP contribution in [-0.2, 0) is 14.9 Å². The fourth-order valence-electron chi connectivity index (χ4n) is 4.92. The van der Waals surface area contributed by atoms with Gasteiger partial charge in [0.05, 0.1) is 11.8 Å². The first-order valence-electron chi connectivity index (χ1n) is 11.5.